The molecule has 184 valence electrons. The highest BCUT2D eigenvalue weighted by atomic mass is 32.2. The lowest BCUT2D eigenvalue weighted by Gasteiger charge is -2.34. The van der Waals surface area contributed by atoms with Gasteiger partial charge >= 0.3 is 0 Å². The van der Waals surface area contributed by atoms with E-state index in [0.29, 0.717) is 43.4 Å². The molecule has 1 aliphatic rings. The zero-order valence-corrected chi connectivity index (χ0v) is 20.6. The highest BCUT2D eigenvalue weighted by Crippen LogP contribution is 2.29. The topological polar surface area (TPSA) is 88.2 Å². The fraction of sp³-hybridized carbons (Fsp3) is 0.269. The van der Waals surface area contributed by atoms with Crippen molar-refractivity contribution in [2.75, 3.05) is 45.7 Å². The second-order valence-electron chi connectivity index (χ2n) is 8.21. The van der Waals surface area contributed by atoms with E-state index in [1.165, 1.54) is 29.1 Å². The summed E-state index contributed by atoms with van der Waals surface area (Å²) in [5, 5.41) is 2.78. The van der Waals surface area contributed by atoms with Gasteiger partial charge in [0.05, 0.1) is 24.8 Å². The van der Waals surface area contributed by atoms with Gasteiger partial charge < -0.3 is 14.8 Å². The van der Waals surface area contributed by atoms with Crippen molar-refractivity contribution in [2.24, 2.45) is 0 Å². The first-order valence-corrected chi connectivity index (χ1v) is 12.7. The summed E-state index contributed by atoms with van der Waals surface area (Å²) >= 11 is 0. The number of carbonyl (C=O) groups excluding carboxylic acids is 1. The summed E-state index contributed by atoms with van der Waals surface area (Å²) in [4.78, 5) is 15.2. The van der Waals surface area contributed by atoms with Crippen LogP contribution in [0.3, 0.4) is 0 Å². The van der Waals surface area contributed by atoms with Crippen molar-refractivity contribution < 1.29 is 22.7 Å². The molecule has 1 saturated heterocycles. The maximum absolute atomic E-state index is 13.3. The van der Waals surface area contributed by atoms with Gasteiger partial charge in [0, 0.05) is 44.4 Å². The van der Waals surface area contributed by atoms with Crippen LogP contribution in [0.5, 0.6) is 11.5 Å². The van der Waals surface area contributed by atoms with Crippen molar-refractivity contribution >= 4 is 21.6 Å². The lowest BCUT2D eigenvalue weighted by molar-refractivity contribution is 0.102. The molecular weight excluding hydrogens is 466 g/mol. The highest BCUT2D eigenvalue weighted by molar-refractivity contribution is 7.89. The van der Waals surface area contributed by atoms with Crippen molar-refractivity contribution in [1.82, 2.24) is 9.21 Å². The molecule has 1 fully saturated rings. The SMILES string of the molecule is COc1ccc(NC(=O)c2cccc(S(=O)(=O)N3CCN(Cc4ccccc4)CC3)c2)c(OC)c1. The molecule has 35 heavy (non-hydrogen) atoms. The van der Waals surface area contributed by atoms with Crippen LogP contribution in [-0.4, -0.2) is 63.9 Å². The van der Waals surface area contributed by atoms with Gasteiger partial charge in [-0.15, -0.1) is 0 Å². The fourth-order valence-corrected chi connectivity index (χ4v) is 5.48. The smallest absolute Gasteiger partial charge is 0.255 e. The number of nitrogens with zero attached hydrogens (tertiary/aromatic N) is 2. The summed E-state index contributed by atoms with van der Waals surface area (Å²) in [7, 11) is -0.683. The Balaban J connectivity index is 1.44. The first-order valence-electron chi connectivity index (χ1n) is 11.3. The van der Waals surface area contributed by atoms with Crippen molar-refractivity contribution in [3.05, 3.63) is 83.9 Å². The predicted molar refractivity (Wildman–Crippen MR) is 134 cm³/mol. The van der Waals surface area contributed by atoms with E-state index in [2.05, 4.69) is 22.3 Å². The zero-order chi connectivity index (χ0) is 24.8. The first-order chi connectivity index (χ1) is 16.9. The third-order valence-electron chi connectivity index (χ3n) is 5.97. The molecule has 0 aliphatic carbocycles. The number of benzene rings is 3. The van der Waals surface area contributed by atoms with Crippen molar-refractivity contribution in [3.8, 4) is 11.5 Å². The number of methoxy groups -OCH3 is 2. The molecule has 0 bridgehead atoms. The summed E-state index contributed by atoms with van der Waals surface area (Å²) < 4.78 is 38.6. The largest absolute Gasteiger partial charge is 0.497 e. The molecular formula is C26H29N3O5S. The van der Waals surface area contributed by atoms with E-state index in [4.69, 9.17) is 9.47 Å². The molecule has 1 N–H and O–H groups in total. The fourth-order valence-electron chi connectivity index (χ4n) is 4.01. The summed E-state index contributed by atoms with van der Waals surface area (Å²) in [6, 6.07) is 21.3. The number of hydrogen-bond donors (Lipinski definition) is 1. The van der Waals surface area contributed by atoms with E-state index < -0.39 is 15.9 Å². The Hall–Kier alpha value is -3.40. The molecule has 8 nitrogen and oxygen atoms in total. The van der Waals surface area contributed by atoms with E-state index in [9.17, 15) is 13.2 Å². The van der Waals surface area contributed by atoms with Crippen molar-refractivity contribution in [1.29, 1.82) is 0 Å². The number of nitrogens with one attached hydrogen (secondary N) is 1. The van der Waals surface area contributed by atoms with Gasteiger partial charge in [0.15, 0.2) is 0 Å². The lowest BCUT2D eigenvalue weighted by Crippen LogP contribution is -2.48. The van der Waals surface area contributed by atoms with Crippen LogP contribution in [0.4, 0.5) is 5.69 Å². The quantitative estimate of drug-likeness (QED) is 0.515. The Morgan fingerprint density at radius 2 is 1.63 bits per heavy atom. The average Bonchev–Trinajstić information content (AvgIpc) is 2.90. The summed E-state index contributed by atoms with van der Waals surface area (Å²) in [5.41, 5.74) is 1.91. The Bertz CT molecular complexity index is 1270. The van der Waals surface area contributed by atoms with Crippen LogP contribution in [0, 0.1) is 0 Å². The Morgan fingerprint density at radius 1 is 0.886 bits per heavy atom. The number of anilines is 1. The molecule has 0 saturated carbocycles. The third kappa shape index (κ3) is 5.82. The number of rotatable bonds is 8. The normalized spacial score (nSPS) is 14.9. The molecule has 4 rings (SSSR count). The third-order valence-corrected chi connectivity index (χ3v) is 7.87. The van der Waals surface area contributed by atoms with Crippen LogP contribution >= 0.6 is 0 Å². The molecule has 0 spiro atoms. The molecule has 1 aliphatic heterocycles. The Morgan fingerprint density at radius 3 is 2.31 bits per heavy atom. The summed E-state index contributed by atoms with van der Waals surface area (Å²) in [5.74, 6) is 0.602. The number of carbonyl (C=O) groups is 1. The highest BCUT2D eigenvalue weighted by Gasteiger charge is 2.29. The van der Waals surface area contributed by atoms with Crippen LogP contribution in [0.15, 0.2) is 77.7 Å². The minimum Gasteiger partial charge on any atom is -0.497 e. The molecule has 0 unspecified atom stereocenters. The van der Waals surface area contributed by atoms with E-state index in [1.54, 1.807) is 37.4 Å². The minimum absolute atomic E-state index is 0.100. The molecule has 0 aromatic heterocycles. The number of hydrogen-bond acceptors (Lipinski definition) is 6. The molecule has 9 heteroatoms. The molecule has 0 atom stereocenters. The van der Waals surface area contributed by atoms with Crippen molar-refractivity contribution in [3.63, 3.8) is 0 Å². The molecule has 3 aromatic carbocycles. The van der Waals surface area contributed by atoms with E-state index >= 15 is 0 Å². The standard InChI is InChI=1S/C26H29N3O5S/c1-33-22-11-12-24(25(18-22)34-2)27-26(30)21-9-6-10-23(17-21)35(31,32)29-15-13-28(14-16-29)19-20-7-4-3-5-8-20/h3-12,17-18H,13-16,19H2,1-2H3,(H,27,30). The van der Waals surface area contributed by atoms with Gasteiger partial charge in [-0.05, 0) is 35.9 Å². The van der Waals surface area contributed by atoms with Gasteiger partial charge in [-0.3, -0.25) is 9.69 Å². The minimum atomic E-state index is -3.72. The number of sulfonamides is 1. The van der Waals surface area contributed by atoms with E-state index in [1.807, 2.05) is 18.2 Å². The van der Waals surface area contributed by atoms with Gasteiger partial charge in [-0.1, -0.05) is 36.4 Å². The number of piperazine rings is 1. The molecule has 3 aromatic rings. The number of amides is 1. The number of ether oxygens (including phenoxy) is 2. The summed E-state index contributed by atoms with van der Waals surface area (Å²) in [6.45, 7) is 2.87. The van der Waals surface area contributed by atoms with Gasteiger partial charge in [0.1, 0.15) is 11.5 Å². The zero-order valence-electron chi connectivity index (χ0n) is 19.8. The van der Waals surface area contributed by atoms with Gasteiger partial charge in [-0.25, -0.2) is 8.42 Å². The van der Waals surface area contributed by atoms with E-state index in [-0.39, 0.29) is 10.5 Å². The maximum atomic E-state index is 13.3. The predicted octanol–water partition coefficient (Wildman–Crippen LogP) is 3.46. The first kappa shape index (κ1) is 24.7. The second-order valence-corrected chi connectivity index (χ2v) is 10.2. The lowest BCUT2D eigenvalue weighted by atomic mass is 10.2. The van der Waals surface area contributed by atoms with Gasteiger partial charge in [-0.2, -0.15) is 4.31 Å². The molecule has 0 radical (unpaired) electrons. The summed E-state index contributed by atoms with van der Waals surface area (Å²) in [6.07, 6.45) is 0. The van der Waals surface area contributed by atoms with Crippen LogP contribution in [-0.2, 0) is 16.6 Å². The van der Waals surface area contributed by atoms with Crippen molar-refractivity contribution in [2.45, 2.75) is 11.4 Å². The Kier molecular flexibility index (Phi) is 7.70. The molecule has 1 heterocycles. The van der Waals surface area contributed by atoms with E-state index in [0.717, 1.165) is 6.54 Å². The maximum Gasteiger partial charge on any atom is 0.255 e. The van der Waals surface area contributed by atoms with Crippen LogP contribution in [0.2, 0.25) is 0 Å². The van der Waals surface area contributed by atoms with Crippen LogP contribution in [0.25, 0.3) is 0 Å². The second kappa shape index (κ2) is 10.9. The van der Waals surface area contributed by atoms with Crippen LogP contribution < -0.4 is 14.8 Å². The van der Waals surface area contributed by atoms with Gasteiger partial charge in [0.25, 0.3) is 5.91 Å². The Labute approximate surface area is 206 Å². The average molecular weight is 496 g/mol. The molecule has 1 amide bonds. The monoisotopic (exact) mass is 495 g/mol. The van der Waals surface area contributed by atoms with Gasteiger partial charge in [0.2, 0.25) is 10.0 Å². The van der Waals surface area contributed by atoms with Crippen LogP contribution in [0.1, 0.15) is 15.9 Å².